The summed E-state index contributed by atoms with van der Waals surface area (Å²) in [5.41, 5.74) is 2.16. The second-order valence-corrected chi connectivity index (χ2v) is 9.60. The van der Waals surface area contributed by atoms with E-state index in [4.69, 9.17) is 4.98 Å². The van der Waals surface area contributed by atoms with Crippen molar-refractivity contribution in [2.45, 2.75) is 50.4 Å². The lowest BCUT2D eigenvalue weighted by molar-refractivity contribution is 0.413. The smallest absolute Gasteiger partial charge is 0.191 e. The minimum atomic E-state index is -0.709. The Morgan fingerprint density at radius 3 is 2.82 bits per heavy atom. The first-order valence-electron chi connectivity index (χ1n) is 9.53. The van der Waals surface area contributed by atoms with Crippen LogP contribution in [0.4, 0.5) is 0 Å². The zero-order chi connectivity index (χ0) is 19.1. The molecule has 2 aromatic rings. The fraction of sp³-hybridized carbons (Fsp3) is 0.500. The van der Waals surface area contributed by atoms with Gasteiger partial charge in [-0.3, -0.25) is 9.20 Å². The number of rotatable bonds is 6. The summed E-state index contributed by atoms with van der Waals surface area (Å²) < 4.78 is 12.1. The molecule has 154 valence electrons. The average Bonchev–Trinajstić information content (AvgIpc) is 3.20. The van der Waals surface area contributed by atoms with Gasteiger partial charge in [-0.15, -0.1) is 35.3 Å². The second-order valence-electron chi connectivity index (χ2n) is 6.74. The van der Waals surface area contributed by atoms with E-state index in [9.17, 15) is 4.21 Å². The van der Waals surface area contributed by atoms with Crippen molar-refractivity contribution in [3.8, 4) is 10.6 Å². The van der Waals surface area contributed by atoms with Gasteiger partial charge in [-0.1, -0.05) is 43.7 Å². The number of guanidine groups is 1. The summed E-state index contributed by atoms with van der Waals surface area (Å²) in [5.74, 6) is 1.54. The highest BCUT2D eigenvalue weighted by molar-refractivity contribution is 14.0. The molecule has 0 aliphatic heterocycles. The lowest BCUT2D eigenvalue weighted by Crippen LogP contribution is -2.46. The van der Waals surface area contributed by atoms with Crippen LogP contribution in [0, 0.1) is 0 Å². The van der Waals surface area contributed by atoms with E-state index < -0.39 is 10.8 Å². The fourth-order valence-electron chi connectivity index (χ4n) is 3.41. The molecule has 0 amide bonds. The van der Waals surface area contributed by atoms with Gasteiger partial charge in [-0.25, -0.2) is 4.98 Å². The molecular weight excluding hydrogens is 503 g/mol. The zero-order valence-corrected chi connectivity index (χ0v) is 20.4. The zero-order valence-electron chi connectivity index (χ0n) is 16.4. The summed E-state index contributed by atoms with van der Waals surface area (Å²) in [6, 6.07) is 10.6. The van der Waals surface area contributed by atoms with Crippen molar-refractivity contribution in [3.63, 3.8) is 0 Å². The highest BCUT2D eigenvalue weighted by atomic mass is 127. The van der Waals surface area contributed by atoms with Crippen molar-refractivity contribution in [3.05, 3.63) is 41.4 Å². The van der Waals surface area contributed by atoms with Crippen LogP contribution in [-0.2, 0) is 17.3 Å². The van der Waals surface area contributed by atoms with E-state index in [1.807, 2.05) is 25.1 Å². The first kappa shape index (κ1) is 23.3. The van der Waals surface area contributed by atoms with Crippen molar-refractivity contribution in [2.24, 2.45) is 4.99 Å². The Labute approximate surface area is 191 Å². The lowest BCUT2D eigenvalue weighted by Gasteiger charge is -2.30. The maximum absolute atomic E-state index is 12.1. The molecule has 1 aromatic heterocycles. The molecule has 5 nitrogen and oxygen atoms in total. The van der Waals surface area contributed by atoms with Gasteiger partial charge in [0.1, 0.15) is 5.01 Å². The first-order chi connectivity index (χ1) is 13.2. The lowest BCUT2D eigenvalue weighted by atomic mass is 9.95. The van der Waals surface area contributed by atoms with Crippen molar-refractivity contribution in [1.82, 2.24) is 15.6 Å². The van der Waals surface area contributed by atoms with Crippen molar-refractivity contribution in [2.75, 3.05) is 12.8 Å². The minimum Gasteiger partial charge on any atom is -0.354 e. The van der Waals surface area contributed by atoms with Crippen LogP contribution in [0.5, 0.6) is 0 Å². The molecule has 28 heavy (non-hydrogen) atoms. The molecule has 0 radical (unpaired) electrons. The number of aromatic nitrogens is 1. The number of thiazole rings is 1. The molecule has 0 bridgehead atoms. The van der Waals surface area contributed by atoms with Gasteiger partial charge in [0.25, 0.3) is 0 Å². The molecule has 1 aromatic carbocycles. The third-order valence-corrected chi connectivity index (χ3v) is 7.54. The molecule has 0 spiro atoms. The maximum Gasteiger partial charge on any atom is 0.191 e. The quantitative estimate of drug-likeness (QED) is 0.333. The Morgan fingerprint density at radius 1 is 1.32 bits per heavy atom. The third kappa shape index (κ3) is 6.52. The topological polar surface area (TPSA) is 66.4 Å². The summed E-state index contributed by atoms with van der Waals surface area (Å²) in [6.07, 6.45) is 4.26. The predicted octanol–water partition coefficient (Wildman–Crippen LogP) is 4.17. The van der Waals surface area contributed by atoms with Crippen LogP contribution >= 0.6 is 35.3 Å². The Bertz CT molecular complexity index is 782. The Kier molecular flexibility index (Phi) is 9.87. The van der Waals surface area contributed by atoms with Crippen LogP contribution in [-0.4, -0.2) is 39.2 Å². The molecule has 2 N–H and O–H groups in total. The van der Waals surface area contributed by atoms with Gasteiger partial charge in [-0.2, -0.15) is 0 Å². The molecule has 1 aliphatic carbocycles. The number of nitrogens with one attached hydrogen (secondary N) is 2. The third-order valence-electron chi connectivity index (χ3n) is 4.86. The van der Waals surface area contributed by atoms with Crippen LogP contribution in [0.2, 0.25) is 0 Å². The number of halogens is 1. The van der Waals surface area contributed by atoms with Gasteiger partial charge in [0, 0.05) is 45.8 Å². The van der Waals surface area contributed by atoms with E-state index in [1.165, 1.54) is 0 Å². The van der Waals surface area contributed by atoms with E-state index in [-0.39, 0.29) is 24.0 Å². The summed E-state index contributed by atoms with van der Waals surface area (Å²) in [7, 11) is 1.08. The Morgan fingerprint density at radius 2 is 2.11 bits per heavy atom. The van der Waals surface area contributed by atoms with E-state index >= 15 is 0 Å². The number of hydrogen-bond acceptors (Lipinski definition) is 4. The molecule has 3 atom stereocenters. The highest BCUT2D eigenvalue weighted by Gasteiger charge is 2.26. The normalized spacial score (nSPS) is 20.9. The van der Waals surface area contributed by atoms with E-state index in [2.05, 4.69) is 33.1 Å². The van der Waals surface area contributed by atoms with Crippen LogP contribution in [0.3, 0.4) is 0 Å². The summed E-state index contributed by atoms with van der Waals surface area (Å²) >= 11 is 1.66. The first-order valence-corrected chi connectivity index (χ1v) is 11.8. The van der Waals surface area contributed by atoms with Crippen molar-refractivity contribution in [1.29, 1.82) is 0 Å². The van der Waals surface area contributed by atoms with Crippen LogP contribution in [0.1, 0.15) is 38.3 Å². The largest absolute Gasteiger partial charge is 0.354 e. The molecule has 1 aliphatic rings. The van der Waals surface area contributed by atoms with E-state index in [0.29, 0.717) is 17.8 Å². The predicted molar refractivity (Wildman–Crippen MR) is 131 cm³/mol. The summed E-state index contributed by atoms with van der Waals surface area (Å²) in [6.45, 7) is 2.64. The SMILES string of the molecule is CCS(=O)C1CCCC(NC(=NC)NCc2csc(-c3ccccc3)n2)C1.I. The molecular formula is C20H29IN4OS2. The molecule has 1 heterocycles. The summed E-state index contributed by atoms with van der Waals surface area (Å²) in [5, 5.41) is 10.3. The Hall–Kier alpha value is -1.000. The minimum absolute atomic E-state index is 0. The summed E-state index contributed by atoms with van der Waals surface area (Å²) in [4.78, 5) is 9.06. The molecule has 0 saturated heterocycles. The van der Waals surface area contributed by atoms with Crippen molar-refractivity contribution >= 4 is 52.1 Å². The highest BCUT2D eigenvalue weighted by Crippen LogP contribution is 2.24. The number of nitrogens with zero attached hydrogens (tertiary/aromatic N) is 2. The van der Waals surface area contributed by atoms with Gasteiger partial charge in [0.2, 0.25) is 0 Å². The maximum atomic E-state index is 12.1. The van der Waals surface area contributed by atoms with Crippen LogP contribution < -0.4 is 10.6 Å². The van der Waals surface area contributed by atoms with Gasteiger partial charge in [-0.05, 0) is 19.3 Å². The Balaban J connectivity index is 0.00000280. The van der Waals surface area contributed by atoms with E-state index in [0.717, 1.165) is 53.7 Å². The number of aliphatic imine (C=N–C) groups is 1. The monoisotopic (exact) mass is 532 g/mol. The van der Waals surface area contributed by atoms with Crippen LogP contribution in [0.25, 0.3) is 10.6 Å². The molecule has 1 fully saturated rings. The van der Waals surface area contributed by atoms with Gasteiger partial charge in [0.05, 0.1) is 12.2 Å². The molecule has 3 rings (SSSR count). The average molecular weight is 533 g/mol. The molecule has 8 heteroatoms. The molecule has 1 saturated carbocycles. The van der Waals surface area contributed by atoms with Gasteiger partial charge >= 0.3 is 0 Å². The standard InChI is InChI=1S/C20H28N4OS2.HI/c1-3-27(25)18-11-7-10-16(12-18)24-20(21-2)22-13-17-14-26-19(23-17)15-8-5-4-6-9-15;/h4-6,8-9,14,16,18H,3,7,10-13H2,1-2H3,(H2,21,22,24);1H. The van der Waals surface area contributed by atoms with Gasteiger partial charge in [0.15, 0.2) is 5.96 Å². The fourth-order valence-corrected chi connectivity index (χ4v) is 5.59. The number of hydrogen-bond donors (Lipinski definition) is 2. The van der Waals surface area contributed by atoms with Crippen LogP contribution in [0.15, 0.2) is 40.7 Å². The molecule has 3 unspecified atom stereocenters. The second kappa shape index (κ2) is 11.9. The van der Waals surface area contributed by atoms with E-state index in [1.54, 1.807) is 18.4 Å². The van der Waals surface area contributed by atoms with Gasteiger partial charge < -0.3 is 10.6 Å². The number of benzene rings is 1. The van der Waals surface area contributed by atoms with Crippen molar-refractivity contribution < 1.29 is 4.21 Å².